The SMILES string of the molecule is CC(=O)N1CCC(n2cc(I)c3c(N)ncnc32)CC1. The van der Waals surface area contributed by atoms with Crippen molar-refractivity contribution in [2.75, 3.05) is 18.8 Å². The van der Waals surface area contributed by atoms with E-state index in [1.54, 1.807) is 6.92 Å². The van der Waals surface area contributed by atoms with E-state index in [-0.39, 0.29) is 5.91 Å². The maximum Gasteiger partial charge on any atom is 0.219 e. The maximum atomic E-state index is 11.4. The van der Waals surface area contributed by atoms with Gasteiger partial charge in [0.15, 0.2) is 0 Å². The number of likely N-dealkylation sites (tertiary alicyclic amines) is 1. The highest BCUT2D eigenvalue weighted by atomic mass is 127. The van der Waals surface area contributed by atoms with Crippen LogP contribution in [0.4, 0.5) is 5.82 Å². The average Bonchev–Trinajstić information content (AvgIpc) is 2.77. The van der Waals surface area contributed by atoms with Crippen molar-refractivity contribution in [2.24, 2.45) is 0 Å². The first kappa shape index (κ1) is 13.6. The van der Waals surface area contributed by atoms with Crippen molar-refractivity contribution in [3.8, 4) is 0 Å². The van der Waals surface area contributed by atoms with E-state index >= 15 is 0 Å². The molecule has 7 heteroatoms. The lowest BCUT2D eigenvalue weighted by Crippen LogP contribution is -2.37. The van der Waals surface area contributed by atoms with Gasteiger partial charge in [-0.2, -0.15) is 0 Å². The van der Waals surface area contributed by atoms with Gasteiger partial charge >= 0.3 is 0 Å². The summed E-state index contributed by atoms with van der Waals surface area (Å²) in [6.45, 7) is 3.23. The summed E-state index contributed by atoms with van der Waals surface area (Å²) in [4.78, 5) is 21.7. The zero-order chi connectivity index (χ0) is 14.3. The molecule has 1 aliphatic rings. The molecule has 0 bridgehead atoms. The standard InChI is InChI=1S/C13H16IN5O/c1-8(20)18-4-2-9(3-5-18)19-6-10(14)11-12(15)16-7-17-13(11)19/h6-7,9H,2-5H2,1H3,(H2,15,16,17). The van der Waals surface area contributed by atoms with Gasteiger partial charge in [-0.25, -0.2) is 9.97 Å². The molecule has 1 amide bonds. The first-order valence-electron chi connectivity index (χ1n) is 6.60. The highest BCUT2D eigenvalue weighted by Crippen LogP contribution is 2.31. The van der Waals surface area contributed by atoms with Crippen molar-refractivity contribution >= 4 is 45.3 Å². The maximum absolute atomic E-state index is 11.4. The molecule has 3 heterocycles. The Morgan fingerprint density at radius 3 is 2.75 bits per heavy atom. The second-order valence-corrected chi connectivity index (χ2v) is 6.24. The number of halogens is 1. The van der Waals surface area contributed by atoms with Gasteiger partial charge in [0.1, 0.15) is 17.8 Å². The highest BCUT2D eigenvalue weighted by Gasteiger charge is 2.24. The largest absolute Gasteiger partial charge is 0.383 e. The van der Waals surface area contributed by atoms with E-state index < -0.39 is 0 Å². The molecule has 0 radical (unpaired) electrons. The van der Waals surface area contributed by atoms with Crippen LogP contribution in [0.25, 0.3) is 11.0 Å². The smallest absolute Gasteiger partial charge is 0.219 e. The third-order valence-corrected chi connectivity index (χ3v) is 4.71. The summed E-state index contributed by atoms with van der Waals surface area (Å²) in [6.07, 6.45) is 5.49. The molecule has 3 rings (SSSR count). The van der Waals surface area contributed by atoms with Crippen molar-refractivity contribution in [1.82, 2.24) is 19.4 Å². The van der Waals surface area contributed by atoms with Gasteiger partial charge in [-0.1, -0.05) is 0 Å². The highest BCUT2D eigenvalue weighted by molar-refractivity contribution is 14.1. The normalized spacial score (nSPS) is 16.8. The van der Waals surface area contributed by atoms with E-state index in [2.05, 4.69) is 43.3 Å². The third-order valence-electron chi connectivity index (χ3n) is 3.90. The van der Waals surface area contributed by atoms with Crippen LogP contribution in [-0.2, 0) is 4.79 Å². The van der Waals surface area contributed by atoms with Crippen molar-refractivity contribution < 1.29 is 4.79 Å². The van der Waals surface area contributed by atoms with Crippen LogP contribution >= 0.6 is 22.6 Å². The predicted octanol–water partition coefficient (Wildman–Crippen LogP) is 1.80. The van der Waals surface area contributed by atoms with Crippen LogP contribution in [0.5, 0.6) is 0 Å². The second-order valence-electron chi connectivity index (χ2n) is 5.08. The topological polar surface area (TPSA) is 77.0 Å². The first-order chi connectivity index (χ1) is 9.58. The number of rotatable bonds is 1. The Bertz CT molecular complexity index is 660. The molecule has 0 aromatic carbocycles. The molecule has 6 nitrogen and oxygen atoms in total. The van der Waals surface area contributed by atoms with Gasteiger partial charge in [-0.3, -0.25) is 4.79 Å². The van der Waals surface area contributed by atoms with Crippen molar-refractivity contribution in [3.63, 3.8) is 0 Å². The summed E-state index contributed by atoms with van der Waals surface area (Å²) in [5.74, 6) is 0.682. The minimum absolute atomic E-state index is 0.155. The van der Waals surface area contributed by atoms with E-state index in [0.29, 0.717) is 11.9 Å². The number of piperidine rings is 1. The minimum Gasteiger partial charge on any atom is -0.383 e. The van der Waals surface area contributed by atoms with Crippen LogP contribution in [0.15, 0.2) is 12.5 Å². The number of hydrogen-bond acceptors (Lipinski definition) is 4. The molecule has 0 aliphatic carbocycles. The van der Waals surface area contributed by atoms with Crippen molar-refractivity contribution in [3.05, 3.63) is 16.1 Å². The van der Waals surface area contributed by atoms with E-state index in [0.717, 1.165) is 40.5 Å². The Labute approximate surface area is 130 Å². The molecule has 1 aliphatic heterocycles. The number of nitrogens with two attached hydrogens (primary N) is 1. The van der Waals surface area contributed by atoms with Gasteiger partial charge < -0.3 is 15.2 Å². The van der Waals surface area contributed by atoms with Crippen molar-refractivity contribution in [2.45, 2.75) is 25.8 Å². The number of aromatic nitrogens is 3. The van der Waals surface area contributed by atoms with Gasteiger partial charge in [0.05, 0.1) is 5.39 Å². The lowest BCUT2D eigenvalue weighted by atomic mass is 10.0. The van der Waals surface area contributed by atoms with E-state index in [1.807, 2.05) is 4.90 Å². The van der Waals surface area contributed by atoms with Gasteiger partial charge in [0.2, 0.25) is 5.91 Å². The molecule has 0 atom stereocenters. The third kappa shape index (κ3) is 2.23. The summed E-state index contributed by atoms with van der Waals surface area (Å²) < 4.78 is 3.26. The fraction of sp³-hybridized carbons (Fsp3) is 0.462. The number of anilines is 1. The molecule has 20 heavy (non-hydrogen) atoms. The number of carbonyl (C=O) groups is 1. The summed E-state index contributed by atoms with van der Waals surface area (Å²) in [6, 6.07) is 0.367. The molecule has 1 saturated heterocycles. The van der Waals surface area contributed by atoms with Gasteiger partial charge in [-0.05, 0) is 35.4 Å². The van der Waals surface area contributed by atoms with E-state index in [9.17, 15) is 4.79 Å². The summed E-state index contributed by atoms with van der Waals surface area (Å²) in [5.41, 5.74) is 6.83. The zero-order valence-electron chi connectivity index (χ0n) is 11.2. The Morgan fingerprint density at radius 2 is 2.10 bits per heavy atom. The molecular weight excluding hydrogens is 369 g/mol. The predicted molar refractivity (Wildman–Crippen MR) is 85.2 cm³/mol. The molecule has 2 aromatic heterocycles. The quantitative estimate of drug-likeness (QED) is 0.760. The van der Waals surface area contributed by atoms with E-state index in [1.165, 1.54) is 6.33 Å². The molecule has 0 spiro atoms. The van der Waals surface area contributed by atoms with Gasteiger partial charge in [0.25, 0.3) is 0 Å². The van der Waals surface area contributed by atoms with Crippen LogP contribution in [0.3, 0.4) is 0 Å². The monoisotopic (exact) mass is 385 g/mol. The second kappa shape index (κ2) is 5.19. The number of carbonyl (C=O) groups excluding carboxylic acids is 1. The van der Waals surface area contributed by atoms with Crippen LogP contribution < -0.4 is 5.73 Å². The first-order valence-corrected chi connectivity index (χ1v) is 7.68. The lowest BCUT2D eigenvalue weighted by Gasteiger charge is -2.32. The number of amides is 1. The van der Waals surface area contributed by atoms with Gasteiger partial charge in [0, 0.05) is 35.8 Å². The molecule has 106 valence electrons. The lowest BCUT2D eigenvalue weighted by molar-refractivity contribution is -0.130. The summed E-state index contributed by atoms with van der Waals surface area (Å²) in [5, 5.41) is 0.932. The average molecular weight is 385 g/mol. The van der Waals surface area contributed by atoms with Crippen LogP contribution in [0.2, 0.25) is 0 Å². The van der Waals surface area contributed by atoms with Crippen LogP contribution in [-0.4, -0.2) is 38.4 Å². The van der Waals surface area contributed by atoms with Crippen LogP contribution in [0, 0.1) is 3.57 Å². The van der Waals surface area contributed by atoms with Gasteiger partial charge in [-0.15, -0.1) is 0 Å². The Balaban J connectivity index is 1.92. The molecule has 0 unspecified atom stereocenters. The minimum atomic E-state index is 0.155. The Kier molecular flexibility index (Phi) is 3.53. The number of fused-ring (bicyclic) bond motifs is 1. The summed E-state index contributed by atoms with van der Waals surface area (Å²) >= 11 is 2.27. The summed E-state index contributed by atoms with van der Waals surface area (Å²) in [7, 11) is 0. The number of nitrogens with zero attached hydrogens (tertiary/aromatic N) is 4. The fourth-order valence-electron chi connectivity index (χ4n) is 2.80. The number of nitrogen functional groups attached to an aromatic ring is 1. The van der Waals surface area contributed by atoms with Crippen LogP contribution in [0.1, 0.15) is 25.8 Å². The Morgan fingerprint density at radius 1 is 1.40 bits per heavy atom. The molecular formula is C13H16IN5O. The van der Waals surface area contributed by atoms with Crippen molar-refractivity contribution in [1.29, 1.82) is 0 Å². The molecule has 0 saturated carbocycles. The zero-order valence-corrected chi connectivity index (χ0v) is 13.4. The van der Waals surface area contributed by atoms with E-state index in [4.69, 9.17) is 5.73 Å². The Hall–Kier alpha value is -1.38. The molecule has 1 fully saturated rings. The molecule has 2 aromatic rings. The fourth-order valence-corrected chi connectivity index (χ4v) is 3.62. The number of hydrogen-bond donors (Lipinski definition) is 1. The molecule has 2 N–H and O–H groups in total.